The Kier molecular flexibility index (Phi) is 3.51. The first kappa shape index (κ1) is 13.8. The number of nitrogen functional groups attached to an aromatic ring is 1. The number of hydrogen-bond acceptors (Lipinski definition) is 3. The zero-order chi connectivity index (χ0) is 15.0. The third kappa shape index (κ3) is 2.45. The predicted molar refractivity (Wildman–Crippen MR) is 88.4 cm³/mol. The number of benzene rings is 1. The van der Waals surface area contributed by atoms with E-state index in [0.717, 1.165) is 22.0 Å². The van der Waals surface area contributed by atoms with Crippen molar-refractivity contribution in [3.8, 4) is 0 Å². The molecule has 106 valence electrons. The molecule has 2 aromatic heterocycles. The van der Waals surface area contributed by atoms with E-state index in [1.807, 2.05) is 37.3 Å². The van der Waals surface area contributed by atoms with Gasteiger partial charge in [0.2, 0.25) is 0 Å². The summed E-state index contributed by atoms with van der Waals surface area (Å²) in [5.74, 6) is 0. The second-order valence-corrected chi connectivity index (χ2v) is 5.74. The van der Waals surface area contributed by atoms with Crippen molar-refractivity contribution in [1.29, 1.82) is 0 Å². The molecule has 0 spiro atoms. The number of nitrogens with zero attached hydrogens (tertiary/aromatic N) is 2. The molecule has 1 aromatic carbocycles. The molecule has 2 heterocycles. The summed E-state index contributed by atoms with van der Waals surface area (Å²) >= 11 is 3.31. The molecule has 0 atom stereocenters. The van der Waals surface area contributed by atoms with Crippen LogP contribution < -0.4 is 11.3 Å². The first-order chi connectivity index (χ1) is 10.1. The number of anilines is 1. The minimum Gasteiger partial charge on any atom is -0.397 e. The van der Waals surface area contributed by atoms with Gasteiger partial charge in [0.05, 0.1) is 22.2 Å². The van der Waals surface area contributed by atoms with Gasteiger partial charge in [0.15, 0.2) is 0 Å². The summed E-state index contributed by atoms with van der Waals surface area (Å²) < 4.78 is 2.12. The summed E-state index contributed by atoms with van der Waals surface area (Å²) in [5, 5.41) is 1.06. The molecule has 0 aliphatic heterocycles. The van der Waals surface area contributed by atoms with Gasteiger partial charge in [-0.1, -0.05) is 24.3 Å². The second kappa shape index (κ2) is 5.33. The Bertz CT molecular complexity index is 881. The molecule has 0 aliphatic carbocycles. The van der Waals surface area contributed by atoms with Crippen molar-refractivity contribution in [2.45, 2.75) is 13.5 Å². The van der Waals surface area contributed by atoms with Crippen molar-refractivity contribution in [2.24, 2.45) is 0 Å². The SMILES string of the molecule is Cc1c(N)cn(Cc2cccc3cccnc23)c(=O)c1Br. The quantitative estimate of drug-likeness (QED) is 0.777. The summed E-state index contributed by atoms with van der Waals surface area (Å²) in [7, 11) is 0. The Hall–Kier alpha value is -2.14. The van der Waals surface area contributed by atoms with Crippen LogP contribution in [0.15, 0.2) is 52.0 Å². The molecule has 0 saturated heterocycles. The van der Waals surface area contributed by atoms with E-state index in [2.05, 4.69) is 20.9 Å². The summed E-state index contributed by atoms with van der Waals surface area (Å²) in [4.78, 5) is 16.7. The lowest BCUT2D eigenvalue weighted by atomic mass is 10.1. The van der Waals surface area contributed by atoms with E-state index in [1.54, 1.807) is 17.0 Å². The van der Waals surface area contributed by atoms with Crippen molar-refractivity contribution in [1.82, 2.24) is 9.55 Å². The highest BCUT2D eigenvalue weighted by Gasteiger charge is 2.10. The average molecular weight is 344 g/mol. The Morgan fingerprint density at radius 1 is 1.29 bits per heavy atom. The lowest BCUT2D eigenvalue weighted by Crippen LogP contribution is -2.23. The maximum absolute atomic E-state index is 12.3. The zero-order valence-corrected chi connectivity index (χ0v) is 13.1. The third-order valence-corrected chi connectivity index (χ3v) is 4.50. The van der Waals surface area contributed by atoms with Crippen molar-refractivity contribution in [3.05, 3.63) is 68.7 Å². The largest absolute Gasteiger partial charge is 0.397 e. The van der Waals surface area contributed by atoms with E-state index in [1.165, 1.54) is 0 Å². The van der Waals surface area contributed by atoms with Crippen LogP contribution in [0.3, 0.4) is 0 Å². The summed E-state index contributed by atoms with van der Waals surface area (Å²) in [5.41, 5.74) is 9.12. The van der Waals surface area contributed by atoms with Crippen LogP contribution >= 0.6 is 15.9 Å². The fourth-order valence-corrected chi connectivity index (χ4v) is 2.79. The van der Waals surface area contributed by atoms with E-state index >= 15 is 0 Å². The molecule has 3 rings (SSSR count). The van der Waals surface area contributed by atoms with E-state index < -0.39 is 0 Å². The average Bonchev–Trinajstić information content (AvgIpc) is 2.51. The molecule has 2 N–H and O–H groups in total. The highest BCUT2D eigenvalue weighted by Crippen LogP contribution is 2.20. The van der Waals surface area contributed by atoms with Gasteiger partial charge < -0.3 is 10.3 Å². The molecule has 0 amide bonds. The lowest BCUT2D eigenvalue weighted by molar-refractivity contribution is 0.757. The maximum Gasteiger partial charge on any atom is 0.265 e. The Morgan fingerprint density at radius 2 is 2.05 bits per heavy atom. The Balaban J connectivity index is 2.14. The first-order valence-electron chi connectivity index (χ1n) is 6.55. The number of hydrogen-bond donors (Lipinski definition) is 1. The molecular weight excluding hydrogens is 330 g/mol. The molecule has 5 heteroatoms. The molecule has 0 fully saturated rings. The Morgan fingerprint density at radius 3 is 2.86 bits per heavy atom. The maximum atomic E-state index is 12.3. The van der Waals surface area contributed by atoms with Crippen LogP contribution in [0.4, 0.5) is 5.69 Å². The van der Waals surface area contributed by atoms with Crippen molar-refractivity contribution < 1.29 is 0 Å². The molecule has 3 aromatic rings. The molecule has 0 radical (unpaired) electrons. The fourth-order valence-electron chi connectivity index (χ4n) is 2.33. The summed E-state index contributed by atoms with van der Waals surface area (Å²) in [6.45, 7) is 2.26. The number of halogens is 1. The van der Waals surface area contributed by atoms with Crippen molar-refractivity contribution >= 4 is 32.5 Å². The van der Waals surface area contributed by atoms with Gasteiger partial charge >= 0.3 is 0 Å². The number of fused-ring (bicyclic) bond motifs is 1. The molecule has 0 unspecified atom stereocenters. The summed E-state index contributed by atoms with van der Waals surface area (Å²) in [6, 6.07) is 9.86. The molecule has 0 aliphatic rings. The van der Waals surface area contributed by atoms with Crippen LogP contribution in [-0.4, -0.2) is 9.55 Å². The van der Waals surface area contributed by atoms with Gasteiger partial charge in [0, 0.05) is 17.8 Å². The van der Waals surface area contributed by atoms with Gasteiger partial charge in [-0.2, -0.15) is 0 Å². The molecule has 0 bridgehead atoms. The van der Waals surface area contributed by atoms with Crippen LogP contribution in [0, 0.1) is 6.92 Å². The standard InChI is InChI=1S/C16H14BrN3O/c1-10-13(18)9-20(16(21)14(10)17)8-12-5-2-4-11-6-3-7-19-15(11)12/h2-7,9H,8,18H2,1H3. The van der Waals surface area contributed by atoms with Gasteiger partial charge in [0.25, 0.3) is 5.56 Å². The summed E-state index contributed by atoms with van der Waals surface area (Å²) in [6.07, 6.45) is 3.44. The van der Waals surface area contributed by atoms with Gasteiger partial charge in [-0.25, -0.2) is 0 Å². The molecule has 4 nitrogen and oxygen atoms in total. The fraction of sp³-hybridized carbons (Fsp3) is 0.125. The highest BCUT2D eigenvalue weighted by molar-refractivity contribution is 9.10. The van der Waals surface area contributed by atoms with E-state index in [-0.39, 0.29) is 5.56 Å². The van der Waals surface area contributed by atoms with Crippen LogP contribution in [-0.2, 0) is 6.54 Å². The number of nitrogens with two attached hydrogens (primary N) is 1. The number of rotatable bonds is 2. The number of pyridine rings is 2. The predicted octanol–water partition coefficient (Wildman–Crippen LogP) is 3.10. The van der Waals surface area contributed by atoms with E-state index in [4.69, 9.17) is 5.73 Å². The van der Waals surface area contributed by atoms with Gasteiger partial charge in [0.1, 0.15) is 0 Å². The second-order valence-electron chi connectivity index (χ2n) is 4.95. The Labute approximate surface area is 130 Å². The molecule has 0 saturated carbocycles. The highest BCUT2D eigenvalue weighted by atomic mass is 79.9. The van der Waals surface area contributed by atoms with Crippen molar-refractivity contribution in [3.63, 3.8) is 0 Å². The van der Waals surface area contributed by atoms with Crippen molar-refractivity contribution in [2.75, 3.05) is 5.73 Å². The van der Waals surface area contributed by atoms with Crippen LogP contribution in [0.1, 0.15) is 11.1 Å². The van der Waals surface area contributed by atoms with Crippen LogP contribution in [0.5, 0.6) is 0 Å². The van der Waals surface area contributed by atoms with Gasteiger partial charge in [-0.05, 0) is 40.0 Å². The van der Waals surface area contributed by atoms with Gasteiger partial charge in [-0.3, -0.25) is 9.78 Å². The molecular formula is C16H14BrN3O. The number of para-hydroxylation sites is 1. The van der Waals surface area contributed by atoms with Crippen LogP contribution in [0.25, 0.3) is 10.9 Å². The lowest BCUT2D eigenvalue weighted by Gasteiger charge is -2.11. The third-order valence-electron chi connectivity index (χ3n) is 3.56. The minimum absolute atomic E-state index is 0.0883. The normalized spacial score (nSPS) is 11.0. The van der Waals surface area contributed by atoms with Gasteiger partial charge in [-0.15, -0.1) is 0 Å². The smallest absolute Gasteiger partial charge is 0.265 e. The number of aromatic nitrogens is 2. The topological polar surface area (TPSA) is 60.9 Å². The van der Waals surface area contributed by atoms with E-state index in [9.17, 15) is 4.79 Å². The van der Waals surface area contributed by atoms with Crippen LogP contribution in [0.2, 0.25) is 0 Å². The monoisotopic (exact) mass is 343 g/mol. The molecule has 21 heavy (non-hydrogen) atoms. The van der Waals surface area contributed by atoms with E-state index in [0.29, 0.717) is 16.7 Å². The minimum atomic E-state index is -0.0883. The zero-order valence-electron chi connectivity index (χ0n) is 11.5. The first-order valence-corrected chi connectivity index (χ1v) is 7.35.